The Kier molecular flexibility index (Phi) is 7.09. The van der Waals surface area contributed by atoms with E-state index in [-0.39, 0.29) is 28.8 Å². The number of aryl methyl sites for hydroxylation is 1. The standard InChI is InChI=1S/C26H23F3N2O5/c1-15-21-13-19(9-10-20(21)22(33)36-31-15)30-23(34)25(35,14-24(3,4)16(2)32)12-11-17-5-7-18(8-6-17)26(27,28)29/h5-10,13,35H,14H2,1-4H3,(H,30,34). The van der Waals surface area contributed by atoms with Gasteiger partial charge < -0.3 is 14.9 Å². The number of hydrogen-bond acceptors (Lipinski definition) is 6. The maximum atomic E-state index is 13.2. The summed E-state index contributed by atoms with van der Waals surface area (Å²) in [7, 11) is 0. The predicted molar refractivity (Wildman–Crippen MR) is 126 cm³/mol. The van der Waals surface area contributed by atoms with Gasteiger partial charge in [-0.1, -0.05) is 30.8 Å². The molecule has 0 spiro atoms. The minimum Gasteiger partial charge on any atom is -0.369 e. The lowest BCUT2D eigenvalue weighted by molar-refractivity contribution is -0.137. The number of carbonyl (C=O) groups is 2. The van der Waals surface area contributed by atoms with Crippen molar-refractivity contribution < 1.29 is 32.4 Å². The summed E-state index contributed by atoms with van der Waals surface area (Å²) in [5, 5.41) is 18.1. The van der Waals surface area contributed by atoms with E-state index in [0.717, 1.165) is 24.3 Å². The van der Waals surface area contributed by atoms with Crippen LogP contribution in [0.4, 0.5) is 18.9 Å². The summed E-state index contributed by atoms with van der Waals surface area (Å²) in [4.78, 5) is 37.2. The van der Waals surface area contributed by atoms with Gasteiger partial charge in [-0.15, -0.1) is 0 Å². The van der Waals surface area contributed by atoms with Gasteiger partial charge in [-0.2, -0.15) is 13.2 Å². The quantitative estimate of drug-likeness (QED) is 0.507. The number of fused-ring (bicyclic) bond motifs is 1. The first-order valence-electron chi connectivity index (χ1n) is 10.8. The first kappa shape index (κ1) is 26.6. The Morgan fingerprint density at radius 1 is 1.08 bits per heavy atom. The molecule has 0 bridgehead atoms. The molecule has 7 nitrogen and oxygen atoms in total. The molecule has 0 aliphatic rings. The third kappa shape index (κ3) is 5.80. The van der Waals surface area contributed by atoms with Crippen LogP contribution in [0.5, 0.6) is 0 Å². The topological polar surface area (TPSA) is 110 Å². The molecule has 0 aliphatic carbocycles. The molecule has 0 saturated carbocycles. The maximum absolute atomic E-state index is 13.2. The minimum absolute atomic E-state index is 0.133. The Bertz CT molecular complexity index is 1450. The van der Waals surface area contributed by atoms with Crippen molar-refractivity contribution in [1.82, 2.24) is 5.16 Å². The van der Waals surface area contributed by atoms with Gasteiger partial charge >= 0.3 is 11.8 Å². The van der Waals surface area contributed by atoms with Crippen LogP contribution >= 0.6 is 0 Å². The Balaban J connectivity index is 1.98. The molecule has 2 aromatic carbocycles. The lowest BCUT2D eigenvalue weighted by atomic mass is 9.77. The Morgan fingerprint density at radius 3 is 2.31 bits per heavy atom. The third-order valence-electron chi connectivity index (χ3n) is 5.80. The molecular weight excluding hydrogens is 477 g/mol. The van der Waals surface area contributed by atoms with E-state index >= 15 is 0 Å². The molecule has 1 unspecified atom stereocenters. The molecule has 3 rings (SSSR count). The molecule has 1 aromatic heterocycles. The number of anilines is 1. The zero-order chi connectivity index (χ0) is 26.9. The normalized spacial score (nSPS) is 13.4. The van der Waals surface area contributed by atoms with Crippen LogP contribution in [0.25, 0.3) is 10.8 Å². The average molecular weight is 500 g/mol. The number of nitrogens with one attached hydrogen (secondary N) is 1. The summed E-state index contributed by atoms with van der Waals surface area (Å²) in [5.74, 6) is 3.72. The fourth-order valence-corrected chi connectivity index (χ4v) is 3.41. The smallest absolute Gasteiger partial charge is 0.369 e. The average Bonchev–Trinajstić information content (AvgIpc) is 2.79. The van der Waals surface area contributed by atoms with E-state index in [1.165, 1.54) is 39.0 Å². The highest BCUT2D eigenvalue weighted by Gasteiger charge is 2.42. The lowest BCUT2D eigenvalue weighted by Gasteiger charge is -2.30. The first-order chi connectivity index (χ1) is 16.6. The molecule has 188 valence electrons. The maximum Gasteiger partial charge on any atom is 0.416 e. The highest BCUT2D eigenvalue weighted by molar-refractivity contribution is 6.01. The van der Waals surface area contributed by atoms with Crippen LogP contribution in [0.1, 0.15) is 44.0 Å². The van der Waals surface area contributed by atoms with Gasteiger partial charge in [0.25, 0.3) is 5.91 Å². The van der Waals surface area contributed by atoms with E-state index in [4.69, 9.17) is 0 Å². The fraction of sp³-hybridized carbons (Fsp3) is 0.308. The van der Waals surface area contributed by atoms with Crippen molar-refractivity contribution in [2.24, 2.45) is 5.41 Å². The van der Waals surface area contributed by atoms with Gasteiger partial charge in [0.1, 0.15) is 5.78 Å². The van der Waals surface area contributed by atoms with E-state index in [0.29, 0.717) is 11.1 Å². The molecule has 0 radical (unpaired) electrons. The highest BCUT2D eigenvalue weighted by atomic mass is 19.4. The first-order valence-corrected chi connectivity index (χ1v) is 10.8. The summed E-state index contributed by atoms with van der Waals surface area (Å²) < 4.78 is 43.2. The minimum atomic E-state index is -4.52. The molecule has 0 fully saturated rings. The second-order valence-corrected chi connectivity index (χ2v) is 9.07. The third-order valence-corrected chi connectivity index (χ3v) is 5.80. The largest absolute Gasteiger partial charge is 0.416 e. The van der Waals surface area contributed by atoms with Crippen LogP contribution in [0.2, 0.25) is 0 Å². The van der Waals surface area contributed by atoms with Gasteiger partial charge in [0, 0.05) is 28.5 Å². The Hall–Kier alpha value is -3.97. The number of alkyl halides is 3. The van der Waals surface area contributed by atoms with E-state index in [1.807, 2.05) is 0 Å². The number of hydrogen-bond donors (Lipinski definition) is 2. The molecule has 36 heavy (non-hydrogen) atoms. The van der Waals surface area contributed by atoms with Crippen LogP contribution in [-0.2, 0) is 15.8 Å². The SMILES string of the molecule is CC(=O)C(C)(C)CC(O)(C#Cc1ccc(C(F)(F)F)cc1)C(=O)Nc1ccc2c(=O)onc(C)c2c1. The van der Waals surface area contributed by atoms with Crippen LogP contribution < -0.4 is 10.9 Å². The van der Waals surface area contributed by atoms with Gasteiger partial charge in [-0.25, -0.2) is 4.79 Å². The summed E-state index contributed by atoms with van der Waals surface area (Å²) in [6, 6.07) is 8.25. The molecule has 0 saturated heterocycles. The van der Waals surface area contributed by atoms with Gasteiger partial charge in [-0.05, 0) is 56.3 Å². The molecule has 0 aliphatic heterocycles. The van der Waals surface area contributed by atoms with Crippen molar-refractivity contribution in [1.29, 1.82) is 0 Å². The van der Waals surface area contributed by atoms with Crippen molar-refractivity contribution in [3.05, 3.63) is 69.7 Å². The van der Waals surface area contributed by atoms with Gasteiger partial charge in [0.15, 0.2) is 0 Å². The van der Waals surface area contributed by atoms with Crippen LogP contribution in [0, 0.1) is 24.2 Å². The summed E-state index contributed by atoms with van der Waals surface area (Å²) in [6.07, 6.45) is -4.90. The molecule has 3 aromatic rings. The molecular formula is C26H23F3N2O5. The van der Waals surface area contributed by atoms with Crippen molar-refractivity contribution >= 4 is 28.2 Å². The van der Waals surface area contributed by atoms with Crippen LogP contribution in [-0.4, -0.2) is 27.6 Å². The summed E-state index contributed by atoms with van der Waals surface area (Å²) >= 11 is 0. The molecule has 1 atom stereocenters. The molecule has 1 heterocycles. The van der Waals surface area contributed by atoms with Gasteiger partial charge in [-0.3, -0.25) is 9.59 Å². The van der Waals surface area contributed by atoms with Crippen LogP contribution in [0.3, 0.4) is 0 Å². The second kappa shape index (κ2) is 9.59. The highest BCUT2D eigenvalue weighted by Crippen LogP contribution is 2.31. The van der Waals surface area contributed by atoms with Crippen molar-refractivity contribution in [3.8, 4) is 11.8 Å². The number of ketones is 1. The predicted octanol–water partition coefficient (Wildman–Crippen LogP) is 4.24. The molecule has 2 N–H and O–H groups in total. The molecule has 1 amide bonds. The molecule has 10 heteroatoms. The number of amides is 1. The number of nitrogens with zero attached hydrogens (tertiary/aromatic N) is 1. The summed E-state index contributed by atoms with van der Waals surface area (Å²) in [6.45, 7) is 6.00. The zero-order valence-electron chi connectivity index (χ0n) is 19.9. The zero-order valence-corrected chi connectivity index (χ0v) is 19.9. The number of aliphatic hydroxyl groups is 1. The van der Waals surface area contributed by atoms with Crippen molar-refractivity contribution in [2.45, 2.75) is 45.9 Å². The van der Waals surface area contributed by atoms with E-state index in [2.05, 4.69) is 26.8 Å². The Morgan fingerprint density at radius 2 is 1.72 bits per heavy atom. The number of Topliss-reactive ketones (excluding diaryl/α,β-unsaturated/α-hetero) is 1. The van der Waals surface area contributed by atoms with E-state index in [9.17, 15) is 32.7 Å². The number of rotatable bonds is 5. The van der Waals surface area contributed by atoms with Crippen molar-refractivity contribution in [3.63, 3.8) is 0 Å². The van der Waals surface area contributed by atoms with Gasteiger partial charge in [0.05, 0.1) is 16.6 Å². The number of carbonyl (C=O) groups excluding carboxylic acids is 2. The van der Waals surface area contributed by atoms with E-state index in [1.54, 1.807) is 6.92 Å². The van der Waals surface area contributed by atoms with Crippen molar-refractivity contribution in [2.75, 3.05) is 5.32 Å². The number of aromatic nitrogens is 1. The monoisotopic (exact) mass is 500 g/mol. The second-order valence-electron chi connectivity index (χ2n) is 9.07. The lowest BCUT2D eigenvalue weighted by Crippen LogP contribution is -2.46. The van der Waals surface area contributed by atoms with Gasteiger partial charge in [0.2, 0.25) is 5.60 Å². The fourth-order valence-electron chi connectivity index (χ4n) is 3.41. The van der Waals surface area contributed by atoms with E-state index < -0.39 is 34.3 Å². The number of halogens is 3. The summed E-state index contributed by atoms with van der Waals surface area (Å²) in [5.41, 5.74) is -4.30. The Labute approximate surface area is 204 Å². The number of benzene rings is 2. The van der Waals surface area contributed by atoms with Crippen LogP contribution in [0.15, 0.2) is 51.8 Å².